The molecule has 72 valence electrons. The largest absolute Gasteiger partial charge is 0.261 e. The van der Waals surface area contributed by atoms with Crippen LogP contribution in [0, 0.1) is 6.92 Å². The van der Waals surface area contributed by atoms with Crippen molar-refractivity contribution in [2.45, 2.75) is 37.9 Å². The molecular weight excluding hydrogens is 226 g/mol. The highest BCUT2D eigenvalue weighted by Crippen LogP contribution is 2.13. The summed E-state index contributed by atoms with van der Waals surface area (Å²) >= 11 is 3.63. The summed E-state index contributed by atoms with van der Waals surface area (Å²) < 4.78 is 0. The van der Waals surface area contributed by atoms with Crippen LogP contribution in [0.2, 0.25) is 0 Å². The van der Waals surface area contributed by atoms with E-state index in [1.165, 1.54) is 18.4 Å². The first kappa shape index (κ1) is 10.7. The van der Waals surface area contributed by atoms with Crippen molar-refractivity contribution in [2.75, 3.05) is 0 Å². The third-order valence-electron chi connectivity index (χ3n) is 2.16. The van der Waals surface area contributed by atoms with Crippen LogP contribution in [0.25, 0.3) is 0 Å². The van der Waals surface area contributed by atoms with Gasteiger partial charge in [0.1, 0.15) is 0 Å². The molecule has 1 aromatic rings. The maximum Gasteiger partial charge on any atom is 0.0372 e. The van der Waals surface area contributed by atoms with Crippen molar-refractivity contribution in [1.82, 2.24) is 4.98 Å². The molecule has 0 bridgehead atoms. The van der Waals surface area contributed by atoms with Gasteiger partial charge in [-0.25, -0.2) is 0 Å². The lowest BCUT2D eigenvalue weighted by Crippen LogP contribution is -1.98. The van der Waals surface area contributed by atoms with Gasteiger partial charge in [-0.1, -0.05) is 28.9 Å². The van der Waals surface area contributed by atoms with E-state index in [1.54, 1.807) is 0 Å². The van der Waals surface area contributed by atoms with Crippen molar-refractivity contribution in [1.29, 1.82) is 0 Å². The highest BCUT2D eigenvalue weighted by molar-refractivity contribution is 9.09. The van der Waals surface area contributed by atoms with E-state index < -0.39 is 0 Å². The number of nitrogens with zero attached hydrogens (tertiary/aromatic N) is 1. The minimum absolute atomic E-state index is 0.647. The van der Waals surface area contributed by atoms with Crippen LogP contribution < -0.4 is 0 Å². The molecule has 1 nitrogen and oxygen atoms in total. The Balaban J connectivity index is 2.41. The average Bonchev–Trinajstić information content (AvgIpc) is 2.16. The van der Waals surface area contributed by atoms with Crippen LogP contribution in [0.5, 0.6) is 0 Å². The molecule has 0 radical (unpaired) electrons. The van der Waals surface area contributed by atoms with Crippen LogP contribution >= 0.6 is 15.9 Å². The minimum atomic E-state index is 0.647. The molecule has 1 heterocycles. The van der Waals surface area contributed by atoms with Gasteiger partial charge in [0.2, 0.25) is 0 Å². The van der Waals surface area contributed by atoms with Crippen molar-refractivity contribution < 1.29 is 0 Å². The van der Waals surface area contributed by atoms with Gasteiger partial charge in [0, 0.05) is 16.7 Å². The summed E-state index contributed by atoms with van der Waals surface area (Å²) in [5.74, 6) is 0. The summed E-state index contributed by atoms with van der Waals surface area (Å²) in [6, 6.07) is 4.24. The molecule has 0 fully saturated rings. The summed E-state index contributed by atoms with van der Waals surface area (Å²) in [5, 5.41) is 0. The normalized spacial score (nSPS) is 12.8. The van der Waals surface area contributed by atoms with E-state index in [0.717, 1.165) is 12.1 Å². The number of halogens is 1. The number of aromatic nitrogens is 1. The van der Waals surface area contributed by atoms with Gasteiger partial charge in [-0.05, 0) is 37.8 Å². The first-order chi connectivity index (χ1) is 6.22. The summed E-state index contributed by atoms with van der Waals surface area (Å²) in [4.78, 5) is 4.91. The second-order valence-corrected chi connectivity index (χ2v) is 4.65. The Bertz CT molecular complexity index is 243. The molecule has 0 N–H and O–H groups in total. The summed E-state index contributed by atoms with van der Waals surface area (Å²) in [7, 11) is 0. The number of hydrogen-bond acceptors (Lipinski definition) is 1. The van der Waals surface area contributed by atoms with Gasteiger partial charge >= 0.3 is 0 Å². The molecule has 0 spiro atoms. The van der Waals surface area contributed by atoms with Crippen LogP contribution in [0.3, 0.4) is 0 Å². The maximum absolute atomic E-state index is 4.27. The summed E-state index contributed by atoms with van der Waals surface area (Å²) in [5.41, 5.74) is 2.43. The second-order valence-electron chi connectivity index (χ2n) is 3.35. The standard InChI is InChI=1S/C11H16BrN/c1-3-11(12)7-6-10-5-4-9(2)13-8-10/h4-5,8,11H,3,6-7H2,1-2H3. The molecule has 1 atom stereocenters. The Hall–Kier alpha value is -0.370. The Labute approximate surface area is 88.7 Å². The maximum atomic E-state index is 4.27. The number of hydrogen-bond donors (Lipinski definition) is 0. The van der Waals surface area contributed by atoms with Gasteiger partial charge in [-0.2, -0.15) is 0 Å². The second kappa shape index (κ2) is 5.38. The van der Waals surface area contributed by atoms with Crippen molar-refractivity contribution >= 4 is 15.9 Å². The Morgan fingerprint density at radius 1 is 1.46 bits per heavy atom. The SMILES string of the molecule is CCC(Br)CCc1ccc(C)nc1. The van der Waals surface area contributed by atoms with Crippen molar-refractivity contribution in [3.8, 4) is 0 Å². The molecule has 0 amide bonds. The Morgan fingerprint density at radius 3 is 2.77 bits per heavy atom. The van der Waals surface area contributed by atoms with Gasteiger partial charge < -0.3 is 0 Å². The van der Waals surface area contributed by atoms with Crippen LogP contribution in [0.1, 0.15) is 31.0 Å². The lowest BCUT2D eigenvalue weighted by molar-refractivity contribution is 0.744. The highest BCUT2D eigenvalue weighted by Gasteiger charge is 2.01. The molecular formula is C11H16BrN. The predicted octanol–water partition coefficient (Wildman–Crippen LogP) is 3.50. The van der Waals surface area contributed by atoms with Crippen LogP contribution in [0.15, 0.2) is 18.3 Å². The Morgan fingerprint density at radius 2 is 2.23 bits per heavy atom. The molecule has 13 heavy (non-hydrogen) atoms. The van der Waals surface area contributed by atoms with Crippen molar-refractivity contribution in [2.24, 2.45) is 0 Å². The smallest absolute Gasteiger partial charge is 0.0372 e. The molecule has 0 saturated carbocycles. The predicted molar refractivity (Wildman–Crippen MR) is 60.3 cm³/mol. The molecule has 1 aromatic heterocycles. The molecule has 0 aliphatic heterocycles. The van der Waals surface area contributed by atoms with E-state index in [2.05, 4.69) is 40.0 Å². The van der Waals surface area contributed by atoms with Gasteiger partial charge in [-0.3, -0.25) is 4.98 Å². The van der Waals surface area contributed by atoms with E-state index in [-0.39, 0.29) is 0 Å². The molecule has 1 rings (SSSR count). The average molecular weight is 242 g/mol. The number of alkyl halides is 1. The fourth-order valence-corrected chi connectivity index (χ4v) is 1.40. The first-order valence-corrected chi connectivity index (χ1v) is 5.69. The van der Waals surface area contributed by atoms with E-state index in [4.69, 9.17) is 0 Å². The third-order valence-corrected chi connectivity index (χ3v) is 3.27. The summed E-state index contributed by atoms with van der Waals surface area (Å²) in [6.45, 7) is 4.22. The summed E-state index contributed by atoms with van der Waals surface area (Å²) in [6.07, 6.45) is 5.49. The quantitative estimate of drug-likeness (QED) is 0.736. The van der Waals surface area contributed by atoms with E-state index in [1.807, 2.05) is 13.1 Å². The lowest BCUT2D eigenvalue weighted by Gasteiger charge is -2.05. The topological polar surface area (TPSA) is 12.9 Å². The third kappa shape index (κ3) is 3.90. The van der Waals surface area contributed by atoms with Gasteiger partial charge in [0.25, 0.3) is 0 Å². The van der Waals surface area contributed by atoms with Crippen LogP contribution in [0.4, 0.5) is 0 Å². The highest BCUT2D eigenvalue weighted by atomic mass is 79.9. The molecule has 0 aromatic carbocycles. The Kier molecular flexibility index (Phi) is 4.43. The zero-order valence-electron chi connectivity index (χ0n) is 8.26. The molecule has 2 heteroatoms. The van der Waals surface area contributed by atoms with Gasteiger partial charge in [0.05, 0.1) is 0 Å². The zero-order valence-corrected chi connectivity index (χ0v) is 9.84. The fourth-order valence-electron chi connectivity index (χ4n) is 1.17. The molecule has 0 aliphatic carbocycles. The van der Waals surface area contributed by atoms with E-state index in [9.17, 15) is 0 Å². The number of pyridine rings is 1. The lowest BCUT2D eigenvalue weighted by atomic mass is 10.1. The van der Waals surface area contributed by atoms with Gasteiger partial charge in [0.15, 0.2) is 0 Å². The number of rotatable bonds is 4. The minimum Gasteiger partial charge on any atom is -0.261 e. The van der Waals surface area contributed by atoms with E-state index in [0.29, 0.717) is 4.83 Å². The number of aryl methyl sites for hydroxylation is 2. The zero-order chi connectivity index (χ0) is 9.68. The fraction of sp³-hybridized carbons (Fsp3) is 0.545. The van der Waals surface area contributed by atoms with E-state index >= 15 is 0 Å². The van der Waals surface area contributed by atoms with Gasteiger partial charge in [-0.15, -0.1) is 0 Å². The first-order valence-electron chi connectivity index (χ1n) is 4.78. The molecule has 0 saturated heterocycles. The molecule has 1 unspecified atom stereocenters. The van der Waals surface area contributed by atoms with Crippen molar-refractivity contribution in [3.05, 3.63) is 29.6 Å². The van der Waals surface area contributed by atoms with Crippen molar-refractivity contribution in [3.63, 3.8) is 0 Å². The van der Waals surface area contributed by atoms with Crippen LogP contribution in [-0.4, -0.2) is 9.81 Å². The van der Waals surface area contributed by atoms with Crippen LogP contribution in [-0.2, 0) is 6.42 Å². The monoisotopic (exact) mass is 241 g/mol. The molecule has 0 aliphatic rings.